The van der Waals surface area contributed by atoms with Gasteiger partial charge in [-0.2, -0.15) is 5.10 Å². The van der Waals surface area contributed by atoms with Crippen molar-refractivity contribution in [3.63, 3.8) is 0 Å². The lowest BCUT2D eigenvalue weighted by molar-refractivity contribution is -0.139. The van der Waals surface area contributed by atoms with E-state index in [4.69, 9.17) is 0 Å². The van der Waals surface area contributed by atoms with Gasteiger partial charge in [-0.3, -0.25) is 62.7 Å². The van der Waals surface area contributed by atoms with Gasteiger partial charge in [-0.1, -0.05) is 155 Å². The fourth-order valence-electron chi connectivity index (χ4n) is 17.8. The molecule has 700 valence electrons. The van der Waals surface area contributed by atoms with E-state index in [1.807, 2.05) is 222 Å². The number of aryl methyl sites for hydroxylation is 9. The normalized spacial score (nSPS) is 14.2. The molecule has 28 heteroatoms. The fraction of sp³-hybridized carbons (Fsp3) is 0.349. The third-order valence-electron chi connectivity index (χ3n) is 24.8. The predicted molar refractivity (Wildman–Crippen MR) is 514 cm³/mol. The molecule has 0 radical (unpaired) electrons. The number of carboxylic acid groups (broad SMARTS) is 4. The van der Waals surface area contributed by atoms with E-state index in [0.717, 1.165) is 157 Å². The Bertz CT molecular complexity index is 6270. The molecule has 6 amide bonds. The van der Waals surface area contributed by atoms with Gasteiger partial charge in [-0.05, 0) is 260 Å². The number of nitrogens with zero attached hydrogens (tertiary/aromatic N) is 7. The van der Waals surface area contributed by atoms with Gasteiger partial charge in [0.25, 0.3) is 16.7 Å². The Morgan fingerprint density at radius 2 is 0.858 bits per heavy atom. The molecule has 2 aliphatic carbocycles. The van der Waals surface area contributed by atoms with Crippen molar-refractivity contribution in [1.82, 2.24) is 60.4 Å². The molecule has 134 heavy (non-hydrogen) atoms. The lowest BCUT2D eigenvalue weighted by Crippen LogP contribution is -2.58. The number of pyridine rings is 4. The first-order valence-corrected chi connectivity index (χ1v) is 45.6. The number of nitrogens with one attached hydrogen (secondary N) is 5. The van der Waals surface area contributed by atoms with Crippen molar-refractivity contribution in [2.75, 3.05) is 13.1 Å². The summed E-state index contributed by atoms with van der Waals surface area (Å²) in [5, 5.41) is 56.4. The first-order chi connectivity index (χ1) is 64.1. The van der Waals surface area contributed by atoms with E-state index < -0.39 is 77.8 Å². The van der Waals surface area contributed by atoms with Crippen LogP contribution in [0.3, 0.4) is 0 Å². The van der Waals surface area contributed by atoms with Crippen LogP contribution in [0.5, 0.6) is 0 Å². The molecule has 3 aliphatic rings. The molecule has 7 atom stereocenters. The minimum absolute atomic E-state index is 0.123. The average molecular weight is 1820 g/mol. The maximum Gasteiger partial charge on any atom is 0.318 e. The van der Waals surface area contributed by atoms with Gasteiger partial charge >= 0.3 is 29.9 Å². The highest BCUT2D eigenvalue weighted by molar-refractivity contribution is 5.89. The quantitative estimate of drug-likeness (QED) is 0.0195. The average Bonchev–Trinajstić information content (AvgIpc) is 0.829. The van der Waals surface area contributed by atoms with Crippen LogP contribution in [0.1, 0.15) is 206 Å². The van der Waals surface area contributed by atoms with E-state index in [1.54, 1.807) is 60.4 Å². The van der Waals surface area contributed by atoms with Crippen molar-refractivity contribution in [3.8, 4) is 44.5 Å². The number of aliphatic carboxylic acids is 4. The molecule has 0 spiro atoms. The molecule has 14 rings (SSSR count). The molecule has 1 aliphatic heterocycles. The van der Waals surface area contributed by atoms with Crippen LogP contribution < -0.4 is 43.3 Å². The summed E-state index contributed by atoms with van der Waals surface area (Å²) in [5.74, 6) is -5.97. The molecule has 0 saturated carbocycles. The van der Waals surface area contributed by atoms with Crippen molar-refractivity contribution in [3.05, 3.63) is 322 Å². The zero-order chi connectivity index (χ0) is 96.6. The van der Waals surface area contributed by atoms with E-state index >= 15 is 0 Å². The second-order valence-corrected chi connectivity index (χ2v) is 35.2. The largest absolute Gasteiger partial charge is 0.481 e. The van der Waals surface area contributed by atoms with Crippen LogP contribution in [0.2, 0.25) is 0 Å². The molecule has 28 nitrogen and oxygen atoms in total. The second-order valence-electron chi connectivity index (χ2n) is 35.2. The molecule has 5 aromatic heterocycles. The number of hydrogen-bond acceptors (Lipinski definition) is 15. The summed E-state index contributed by atoms with van der Waals surface area (Å²) in [7, 11) is 0. The second kappa shape index (κ2) is 47.0. The van der Waals surface area contributed by atoms with Crippen molar-refractivity contribution >= 4 is 53.5 Å². The summed E-state index contributed by atoms with van der Waals surface area (Å²) in [4.78, 5) is 160. The maximum atomic E-state index is 13.5. The molecule has 0 bridgehead atoms. The number of hydrogen-bond donors (Lipinski definition) is 9. The first-order valence-electron chi connectivity index (χ1n) is 45.6. The minimum Gasteiger partial charge on any atom is -0.481 e. The lowest BCUT2D eigenvalue weighted by atomic mass is 9.93. The van der Waals surface area contributed by atoms with Gasteiger partial charge in [0.05, 0.1) is 56.0 Å². The van der Waals surface area contributed by atoms with Gasteiger partial charge in [-0.25, -0.2) is 9.48 Å². The Balaban J connectivity index is 0.000000172. The number of rotatable bonds is 31. The van der Waals surface area contributed by atoms with Gasteiger partial charge in [-0.15, -0.1) is 0 Å². The minimum atomic E-state index is -1.04. The van der Waals surface area contributed by atoms with E-state index in [0.29, 0.717) is 48.2 Å². The van der Waals surface area contributed by atoms with Gasteiger partial charge in [0.1, 0.15) is 25.2 Å². The number of benzene rings is 6. The fourth-order valence-corrected chi connectivity index (χ4v) is 17.8. The smallest absolute Gasteiger partial charge is 0.318 e. The summed E-state index contributed by atoms with van der Waals surface area (Å²) < 4.78 is 4.00. The Hall–Kier alpha value is -14.6. The number of amides is 6. The standard InChI is InChI=1S/C28H33N3O4.C27H29N3O4.C26H27N3O4.C25H31N3O4/c1-6-18(3)27(31-11-10-17(2)12-24(31)32)28(35)30-23(14-25(33)34)21-13-22(16-29-15-21)26-19(4)8-7-9-20(26)5;1-17-6-5-7-18(2)26(17)21-12-20(14-28-15-21)23(13-25(32)33)29-24(31)16-30-11-10-19-8-3-4-9-22(19)27(30)34;1-17-7-2-4-11-21(17)18-9-6-10-19(13-18)23(14-25(31)32)28-24(30)16-29-26(33)22-12-5-3-8-20(22)15-27-29;1-16(2)23(28-13-7-12-26-25(28)32)24(31)27-21(15-22(29)30)19-10-6-9-18(14-19)20-11-5-4-8-17(20)3/h7-13,15-16,18,23,27H,6,14H2,1-5H3,(H,30,35)(H,33,34);5-7,10-12,14-15,23H,3-4,8-9,13,16H2,1-2H3,(H,29,31)(H,32,33);2,4,6-7,9-11,13,15,23H,3,5,8,12,14,16H2,1H3,(H,28,30)(H,31,32);4-6,8-11,14,16,21,23H,7,12-13,15H2,1-3H3,(H,26,32)(H,27,31)(H,29,30)/t18?,23-,27-;2*23-;21-,23-/m0000/s1. The van der Waals surface area contributed by atoms with Crippen LogP contribution in [-0.4, -0.2) is 127 Å². The monoisotopic (exact) mass is 1820 g/mol. The number of aromatic nitrogens is 6. The highest BCUT2D eigenvalue weighted by Crippen LogP contribution is 2.35. The molecule has 1 unspecified atom stereocenters. The summed E-state index contributed by atoms with van der Waals surface area (Å²) in [6, 6.07) is 47.3. The predicted octanol–water partition coefficient (Wildman–Crippen LogP) is 15.7. The van der Waals surface area contributed by atoms with Gasteiger partial charge in [0, 0.05) is 78.6 Å². The lowest BCUT2D eigenvalue weighted by Gasteiger charge is -2.36. The van der Waals surface area contributed by atoms with Crippen molar-refractivity contribution in [1.29, 1.82) is 0 Å². The van der Waals surface area contributed by atoms with Crippen molar-refractivity contribution in [2.24, 2.45) is 11.8 Å². The number of carboxylic acids is 4. The van der Waals surface area contributed by atoms with Gasteiger partial charge in [0.2, 0.25) is 23.6 Å². The molecule has 1 saturated heterocycles. The number of carbonyl (C=O) groups is 9. The number of carbonyl (C=O) groups excluding carboxylic acids is 5. The van der Waals surface area contributed by atoms with Crippen LogP contribution in [-0.2, 0) is 77.1 Å². The molecule has 1 fully saturated rings. The third-order valence-corrected chi connectivity index (χ3v) is 24.8. The van der Waals surface area contributed by atoms with Crippen molar-refractivity contribution in [2.45, 2.75) is 215 Å². The Labute approximate surface area is 779 Å². The summed E-state index contributed by atoms with van der Waals surface area (Å²) >= 11 is 0. The summed E-state index contributed by atoms with van der Waals surface area (Å²) in [6.07, 6.45) is 19.1. The summed E-state index contributed by atoms with van der Waals surface area (Å²) in [5.41, 5.74) is 20.7. The molecule has 6 heterocycles. The van der Waals surface area contributed by atoms with Crippen LogP contribution in [0, 0.1) is 60.3 Å². The van der Waals surface area contributed by atoms with Gasteiger partial charge < -0.3 is 61.0 Å². The number of fused-ring (bicyclic) bond motifs is 2. The highest BCUT2D eigenvalue weighted by atomic mass is 16.4. The molecule has 9 N–H and O–H groups in total. The molecule has 11 aromatic rings. The topological polar surface area (TPSA) is 403 Å². The van der Waals surface area contributed by atoms with E-state index in [-0.39, 0.29) is 79.2 Å². The van der Waals surface area contributed by atoms with Crippen LogP contribution in [0.15, 0.2) is 222 Å². The maximum absolute atomic E-state index is 13.5. The molecule has 6 aromatic carbocycles. The molecular weight excluding hydrogens is 1700 g/mol. The Morgan fingerprint density at radius 1 is 0.425 bits per heavy atom. The molecular formula is C106H120N12O16. The zero-order valence-electron chi connectivity index (χ0n) is 77.8. The Morgan fingerprint density at radius 3 is 1.34 bits per heavy atom. The van der Waals surface area contributed by atoms with E-state index in [1.165, 1.54) is 19.9 Å². The highest BCUT2D eigenvalue weighted by Gasteiger charge is 2.37. The zero-order valence-corrected chi connectivity index (χ0v) is 77.8. The Kier molecular flexibility index (Phi) is 35.1. The SMILES string of the molecule is CCC(C)[C@@H](C(=O)N[C@@H](CC(=O)O)c1cncc(-c2c(C)cccc2C)c1)n1ccc(C)cc1=O.Cc1cccc(C)c1-c1cncc([C@H](CC(=O)O)NC(=O)Cn2ccc3c(c2=O)CCCC3)c1.Cc1ccccc1-c1cccc([C@H](CC(=O)O)NC(=O)Cn2ncc3c(c2=O)CCCC3)c1.Cc1ccccc1-c1cccc([C@H](CC(=O)O)NC(=O)[C@H](C(C)C)N2CCCNC2=O)c1. The van der Waals surface area contributed by atoms with Crippen LogP contribution >= 0.6 is 0 Å². The van der Waals surface area contributed by atoms with Crippen molar-refractivity contribution < 1.29 is 63.6 Å². The number of urea groups is 1. The summed E-state index contributed by atoms with van der Waals surface area (Å²) in [6.45, 7) is 22.2. The van der Waals surface area contributed by atoms with E-state index in [9.17, 15) is 78.0 Å². The first kappa shape index (κ1) is 100.0. The third kappa shape index (κ3) is 26.4. The van der Waals surface area contributed by atoms with Gasteiger partial charge in [0.15, 0.2) is 0 Å². The van der Waals surface area contributed by atoms with Crippen LogP contribution in [0.4, 0.5) is 4.79 Å². The van der Waals surface area contributed by atoms with E-state index in [2.05, 4.69) is 41.7 Å². The van der Waals surface area contributed by atoms with Crippen LogP contribution in [0.25, 0.3) is 44.5 Å².